The fraction of sp³-hybridized carbons (Fsp3) is 0.0870. The fourth-order valence-corrected chi connectivity index (χ4v) is 2.97. The third-order valence-corrected chi connectivity index (χ3v) is 4.45. The lowest BCUT2D eigenvalue weighted by molar-refractivity contribution is 0.302. The highest BCUT2D eigenvalue weighted by molar-refractivity contribution is 5.78. The smallest absolute Gasteiger partial charge is 0.130 e. The van der Waals surface area contributed by atoms with Crippen LogP contribution >= 0.6 is 0 Å². The topological polar surface area (TPSA) is 42.4 Å². The third kappa shape index (κ3) is 3.24. The molecule has 1 heterocycles. The van der Waals surface area contributed by atoms with Crippen LogP contribution < -0.4 is 4.74 Å². The monoisotopic (exact) mass is 341 g/mol. The van der Waals surface area contributed by atoms with Gasteiger partial charge >= 0.3 is 0 Å². The van der Waals surface area contributed by atoms with E-state index in [1.165, 1.54) is 0 Å². The zero-order valence-corrected chi connectivity index (χ0v) is 14.5. The first-order valence-corrected chi connectivity index (χ1v) is 8.57. The largest absolute Gasteiger partial charge is 0.507 e. The van der Waals surface area contributed by atoms with E-state index in [0.717, 1.165) is 39.0 Å². The van der Waals surface area contributed by atoms with E-state index in [1.54, 1.807) is 0 Å². The minimum absolute atomic E-state index is 0.321. The molecule has 4 rings (SSSR count). The van der Waals surface area contributed by atoms with Gasteiger partial charge in [0.25, 0.3) is 0 Å². The van der Waals surface area contributed by atoms with Gasteiger partial charge < -0.3 is 9.84 Å². The Morgan fingerprint density at radius 1 is 0.846 bits per heavy atom. The zero-order valence-electron chi connectivity index (χ0n) is 14.5. The molecule has 4 aromatic rings. The summed E-state index contributed by atoms with van der Waals surface area (Å²) in [5.74, 6) is 1.09. The fourth-order valence-electron chi connectivity index (χ4n) is 2.97. The summed E-state index contributed by atoms with van der Waals surface area (Å²) < 4.78 is 5.86. The van der Waals surface area contributed by atoms with Crippen LogP contribution in [0.5, 0.6) is 11.5 Å². The number of phenols is 1. The van der Waals surface area contributed by atoms with Crippen molar-refractivity contribution < 1.29 is 9.84 Å². The highest BCUT2D eigenvalue weighted by Gasteiger charge is 2.06. The molecule has 1 N–H and O–H groups in total. The number of ether oxygens (including phenoxy) is 1. The van der Waals surface area contributed by atoms with Crippen LogP contribution in [0.1, 0.15) is 11.3 Å². The predicted molar refractivity (Wildman–Crippen MR) is 104 cm³/mol. The second-order valence-electron chi connectivity index (χ2n) is 6.28. The molecule has 0 atom stereocenters. The third-order valence-electron chi connectivity index (χ3n) is 4.45. The molecule has 26 heavy (non-hydrogen) atoms. The average Bonchev–Trinajstić information content (AvgIpc) is 2.69. The number of hydrogen-bond donors (Lipinski definition) is 1. The van der Waals surface area contributed by atoms with Crippen LogP contribution in [-0.4, -0.2) is 10.1 Å². The standard InChI is InChI=1S/C23H19NO2/c1-16-5-4-7-21(23(16)25)17-10-13-20(14-11-17)26-15-19-12-9-18-6-2-3-8-22(18)24-19/h2-14,25H,15H2,1H3. The van der Waals surface area contributed by atoms with Crippen molar-refractivity contribution in [1.82, 2.24) is 4.98 Å². The summed E-state index contributed by atoms with van der Waals surface area (Å²) in [4.78, 5) is 4.62. The maximum absolute atomic E-state index is 10.2. The molecule has 3 nitrogen and oxygen atoms in total. The van der Waals surface area contributed by atoms with Gasteiger partial charge in [0, 0.05) is 10.9 Å². The van der Waals surface area contributed by atoms with E-state index >= 15 is 0 Å². The van der Waals surface area contributed by atoms with E-state index in [2.05, 4.69) is 11.1 Å². The lowest BCUT2D eigenvalue weighted by Crippen LogP contribution is -1.98. The Bertz CT molecular complexity index is 1060. The van der Waals surface area contributed by atoms with Crippen molar-refractivity contribution in [3.63, 3.8) is 0 Å². The molecule has 0 aliphatic rings. The summed E-state index contributed by atoms with van der Waals surface area (Å²) in [6.07, 6.45) is 0. The Labute approximate surface area is 152 Å². The van der Waals surface area contributed by atoms with E-state index < -0.39 is 0 Å². The normalized spacial score (nSPS) is 10.8. The van der Waals surface area contributed by atoms with Gasteiger partial charge in [-0.2, -0.15) is 0 Å². The lowest BCUT2D eigenvalue weighted by atomic mass is 10.0. The highest BCUT2D eigenvalue weighted by Crippen LogP contribution is 2.32. The van der Waals surface area contributed by atoms with Gasteiger partial charge in [-0.05, 0) is 42.3 Å². The molecule has 0 unspecified atom stereocenters. The van der Waals surface area contributed by atoms with Crippen molar-refractivity contribution in [2.75, 3.05) is 0 Å². The molecule has 3 heteroatoms. The van der Waals surface area contributed by atoms with Gasteiger partial charge in [0.1, 0.15) is 18.1 Å². The van der Waals surface area contributed by atoms with Gasteiger partial charge in [0.2, 0.25) is 0 Å². The zero-order chi connectivity index (χ0) is 17.9. The second-order valence-corrected chi connectivity index (χ2v) is 6.28. The number of hydrogen-bond acceptors (Lipinski definition) is 3. The maximum Gasteiger partial charge on any atom is 0.130 e. The first kappa shape index (κ1) is 16.2. The number of aromatic nitrogens is 1. The van der Waals surface area contributed by atoms with Crippen LogP contribution in [0, 0.1) is 6.92 Å². The lowest BCUT2D eigenvalue weighted by Gasteiger charge is -2.10. The molecular formula is C23H19NO2. The molecule has 0 fully saturated rings. The number of rotatable bonds is 4. The van der Waals surface area contributed by atoms with Crippen molar-refractivity contribution in [3.05, 3.63) is 90.1 Å². The van der Waals surface area contributed by atoms with E-state index in [1.807, 2.05) is 79.7 Å². The van der Waals surface area contributed by atoms with Crippen molar-refractivity contribution in [1.29, 1.82) is 0 Å². The molecular weight excluding hydrogens is 322 g/mol. The van der Waals surface area contributed by atoms with Gasteiger partial charge in [0.15, 0.2) is 0 Å². The average molecular weight is 341 g/mol. The van der Waals surface area contributed by atoms with Crippen LogP contribution in [0.3, 0.4) is 0 Å². The Hall–Kier alpha value is -3.33. The molecule has 0 aliphatic heterocycles. The molecule has 0 spiro atoms. The number of aryl methyl sites for hydroxylation is 1. The predicted octanol–water partition coefficient (Wildman–Crippen LogP) is 5.49. The number of aromatic hydroxyl groups is 1. The number of nitrogens with zero attached hydrogens (tertiary/aromatic N) is 1. The number of pyridine rings is 1. The SMILES string of the molecule is Cc1cccc(-c2ccc(OCc3ccc4ccccc4n3)cc2)c1O. The molecule has 0 bridgehead atoms. The van der Waals surface area contributed by atoms with Gasteiger partial charge in [-0.25, -0.2) is 4.98 Å². The summed E-state index contributed by atoms with van der Waals surface area (Å²) in [6.45, 7) is 2.31. The summed E-state index contributed by atoms with van der Waals surface area (Å²) in [7, 11) is 0. The Balaban J connectivity index is 1.49. The minimum atomic E-state index is 0.321. The number of fused-ring (bicyclic) bond motifs is 1. The van der Waals surface area contributed by atoms with Crippen molar-refractivity contribution in [3.8, 4) is 22.6 Å². The first-order valence-electron chi connectivity index (χ1n) is 8.57. The van der Waals surface area contributed by atoms with Crippen molar-refractivity contribution in [2.24, 2.45) is 0 Å². The second kappa shape index (κ2) is 6.89. The molecule has 0 radical (unpaired) electrons. The number of benzene rings is 3. The van der Waals surface area contributed by atoms with E-state index in [9.17, 15) is 5.11 Å². The minimum Gasteiger partial charge on any atom is -0.507 e. The van der Waals surface area contributed by atoms with E-state index in [0.29, 0.717) is 12.4 Å². The van der Waals surface area contributed by atoms with Crippen LogP contribution in [0.15, 0.2) is 78.9 Å². The summed E-state index contributed by atoms with van der Waals surface area (Å²) in [5, 5.41) is 11.3. The summed E-state index contributed by atoms with van der Waals surface area (Å²) in [6, 6.07) is 25.6. The van der Waals surface area contributed by atoms with Crippen LogP contribution in [0.25, 0.3) is 22.0 Å². The quantitative estimate of drug-likeness (QED) is 0.533. The molecule has 0 aliphatic carbocycles. The highest BCUT2D eigenvalue weighted by atomic mass is 16.5. The first-order chi connectivity index (χ1) is 12.7. The molecule has 0 saturated carbocycles. The Morgan fingerprint density at radius 2 is 1.65 bits per heavy atom. The number of phenolic OH excluding ortho intramolecular Hbond substituents is 1. The maximum atomic E-state index is 10.2. The Morgan fingerprint density at radius 3 is 2.50 bits per heavy atom. The van der Waals surface area contributed by atoms with Gasteiger partial charge in [0.05, 0.1) is 11.2 Å². The molecule has 128 valence electrons. The molecule has 0 saturated heterocycles. The summed E-state index contributed by atoms with van der Waals surface area (Å²) in [5.41, 5.74) is 4.52. The molecule has 0 amide bonds. The van der Waals surface area contributed by atoms with Crippen LogP contribution in [-0.2, 0) is 6.61 Å². The molecule has 1 aromatic heterocycles. The van der Waals surface area contributed by atoms with Crippen molar-refractivity contribution >= 4 is 10.9 Å². The van der Waals surface area contributed by atoms with Crippen molar-refractivity contribution in [2.45, 2.75) is 13.5 Å². The molecule has 3 aromatic carbocycles. The summed E-state index contributed by atoms with van der Waals surface area (Å²) >= 11 is 0. The number of para-hydroxylation sites is 2. The Kier molecular flexibility index (Phi) is 4.28. The van der Waals surface area contributed by atoms with Gasteiger partial charge in [-0.3, -0.25) is 0 Å². The van der Waals surface area contributed by atoms with E-state index in [-0.39, 0.29) is 0 Å². The van der Waals surface area contributed by atoms with E-state index in [4.69, 9.17) is 4.74 Å². The van der Waals surface area contributed by atoms with Crippen LogP contribution in [0.2, 0.25) is 0 Å². The van der Waals surface area contributed by atoms with Gasteiger partial charge in [-0.15, -0.1) is 0 Å². The van der Waals surface area contributed by atoms with Gasteiger partial charge in [-0.1, -0.05) is 54.6 Å². The van der Waals surface area contributed by atoms with Crippen LogP contribution in [0.4, 0.5) is 0 Å².